The number of hydrogen-bond donors (Lipinski definition) is 1. The van der Waals surface area contributed by atoms with Crippen molar-refractivity contribution < 1.29 is 14.0 Å². The number of aryl methyl sites for hydroxylation is 1. The summed E-state index contributed by atoms with van der Waals surface area (Å²) >= 11 is 6.44. The molecule has 6 heteroatoms. The van der Waals surface area contributed by atoms with Crippen LogP contribution in [0.5, 0.6) is 0 Å². The third-order valence-electron chi connectivity index (χ3n) is 6.09. The number of piperidine rings is 1. The Labute approximate surface area is 207 Å². The summed E-state index contributed by atoms with van der Waals surface area (Å²) in [5.74, 6) is -0.522. The average Bonchev–Trinajstić information content (AvgIpc) is 2.83. The summed E-state index contributed by atoms with van der Waals surface area (Å²) in [4.78, 5) is 26.7. The summed E-state index contributed by atoms with van der Waals surface area (Å²) < 4.78 is 13.1. The molecule has 1 saturated heterocycles. The molecule has 0 spiro atoms. The molecular weight excluding hydrogens is 451 g/mol. The van der Waals surface area contributed by atoms with Crippen molar-refractivity contribution in [2.45, 2.75) is 47.0 Å². The van der Waals surface area contributed by atoms with E-state index in [9.17, 15) is 14.0 Å². The van der Waals surface area contributed by atoms with Crippen LogP contribution in [0.3, 0.4) is 0 Å². The van der Waals surface area contributed by atoms with Crippen LogP contribution in [0.2, 0.25) is 5.02 Å². The maximum Gasteiger partial charge on any atom is 0.255 e. The topological polar surface area (TPSA) is 63.4 Å². The van der Waals surface area contributed by atoms with E-state index in [1.54, 1.807) is 25.1 Å². The van der Waals surface area contributed by atoms with Crippen molar-refractivity contribution in [1.82, 2.24) is 4.90 Å². The van der Waals surface area contributed by atoms with Crippen LogP contribution in [-0.2, 0) is 11.2 Å². The summed E-state index contributed by atoms with van der Waals surface area (Å²) in [7, 11) is 0. The number of allylic oxidation sites excluding steroid dienone is 1. The van der Waals surface area contributed by atoms with Gasteiger partial charge in [-0.15, -0.1) is 0 Å². The zero-order valence-corrected chi connectivity index (χ0v) is 21.2. The van der Waals surface area contributed by atoms with Crippen molar-refractivity contribution >= 4 is 29.0 Å². The molecule has 2 aromatic carbocycles. The van der Waals surface area contributed by atoms with Gasteiger partial charge in [0.15, 0.2) is 0 Å². The second kappa shape index (κ2) is 12.5. The van der Waals surface area contributed by atoms with Crippen LogP contribution in [0.1, 0.15) is 60.7 Å². The van der Waals surface area contributed by atoms with Crippen LogP contribution < -0.4 is 5.73 Å². The van der Waals surface area contributed by atoms with Gasteiger partial charge < -0.3 is 10.6 Å². The maximum atomic E-state index is 13.3. The monoisotopic (exact) mass is 484 g/mol. The van der Waals surface area contributed by atoms with Crippen molar-refractivity contribution in [2.75, 3.05) is 13.1 Å². The molecular formula is C28H34ClFN2O2. The van der Waals surface area contributed by atoms with E-state index in [2.05, 4.69) is 6.58 Å². The molecule has 0 atom stereocenters. The van der Waals surface area contributed by atoms with Crippen LogP contribution in [0.4, 0.5) is 4.39 Å². The Kier molecular flexibility index (Phi) is 10.1. The van der Waals surface area contributed by atoms with E-state index in [1.165, 1.54) is 12.1 Å². The summed E-state index contributed by atoms with van der Waals surface area (Å²) in [6.45, 7) is 12.7. The van der Waals surface area contributed by atoms with E-state index in [-0.39, 0.29) is 17.3 Å². The van der Waals surface area contributed by atoms with Crippen LogP contribution in [0.15, 0.2) is 54.6 Å². The quantitative estimate of drug-likeness (QED) is 0.383. The molecule has 4 nitrogen and oxygen atoms in total. The molecule has 2 N–H and O–H groups in total. The van der Waals surface area contributed by atoms with Crippen molar-refractivity contribution in [3.05, 3.63) is 87.7 Å². The number of carbonyl (C=O) groups excluding carboxylic acids is 2. The second-order valence-electron chi connectivity index (χ2n) is 8.26. The SMILES string of the molecule is C=C(C(N)=O)/C(=C/C)c1cc(C(=O)N2CCC(Cc3ccc(F)cc3)CC2)c(Cl)cc1C.CC. The fourth-order valence-corrected chi connectivity index (χ4v) is 4.52. The summed E-state index contributed by atoms with van der Waals surface area (Å²) in [5.41, 5.74) is 9.27. The van der Waals surface area contributed by atoms with Crippen molar-refractivity contribution in [3.63, 3.8) is 0 Å². The lowest BCUT2D eigenvalue weighted by Crippen LogP contribution is -2.39. The first kappa shape index (κ1) is 27.3. The number of carbonyl (C=O) groups is 2. The fourth-order valence-electron chi connectivity index (χ4n) is 4.22. The molecule has 2 aromatic rings. The van der Waals surface area contributed by atoms with Gasteiger partial charge in [-0.3, -0.25) is 9.59 Å². The average molecular weight is 485 g/mol. The number of nitrogens with zero attached hydrogens (tertiary/aromatic N) is 1. The highest BCUT2D eigenvalue weighted by Gasteiger charge is 2.26. The van der Waals surface area contributed by atoms with Crippen molar-refractivity contribution in [3.8, 4) is 0 Å². The van der Waals surface area contributed by atoms with Gasteiger partial charge >= 0.3 is 0 Å². The van der Waals surface area contributed by atoms with Crippen molar-refractivity contribution in [2.24, 2.45) is 11.7 Å². The van der Waals surface area contributed by atoms with Gasteiger partial charge in [0.25, 0.3) is 5.91 Å². The first-order chi connectivity index (χ1) is 16.2. The highest BCUT2D eigenvalue weighted by molar-refractivity contribution is 6.34. The van der Waals surface area contributed by atoms with Gasteiger partial charge in [0.05, 0.1) is 10.6 Å². The van der Waals surface area contributed by atoms with E-state index in [1.807, 2.05) is 37.8 Å². The molecule has 1 aliphatic heterocycles. The van der Waals surface area contributed by atoms with E-state index < -0.39 is 5.91 Å². The molecule has 182 valence electrons. The second-order valence-corrected chi connectivity index (χ2v) is 8.67. The zero-order valence-electron chi connectivity index (χ0n) is 20.5. The van der Waals surface area contributed by atoms with Gasteiger partial charge in [0.2, 0.25) is 5.91 Å². The Hall–Kier alpha value is -2.92. The molecule has 0 aliphatic carbocycles. The summed E-state index contributed by atoms with van der Waals surface area (Å²) in [6, 6.07) is 10.1. The van der Waals surface area contributed by atoms with Crippen LogP contribution >= 0.6 is 11.6 Å². The highest BCUT2D eigenvalue weighted by atomic mass is 35.5. The van der Waals surface area contributed by atoms with Crippen molar-refractivity contribution in [1.29, 1.82) is 0 Å². The number of halogens is 2. The molecule has 2 amide bonds. The van der Waals surface area contributed by atoms with Crippen LogP contribution in [-0.4, -0.2) is 29.8 Å². The minimum absolute atomic E-state index is 0.128. The first-order valence-electron chi connectivity index (χ1n) is 11.7. The lowest BCUT2D eigenvalue weighted by Gasteiger charge is -2.32. The Balaban J connectivity index is 0.00000199. The fraction of sp³-hybridized carbons (Fsp3) is 0.357. The van der Waals surface area contributed by atoms with Gasteiger partial charge in [-0.05, 0) is 85.6 Å². The lowest BCUT2D eigenvalue weighted by atomic mass is 9.89. The van der Waals surface area contributed by atoms with Crippen LogP contribution in [0.25, 0.3) is 5.57 Å². The number of nitrogens with two attached hydrogens (primary N) is 1. The molecule has 0 radical (unpaired) electrons. The van der Waals surface area contributed by atoms with E-state index in [0.29, 0.717) is 35.2 Å². The largest absolute Gasteiger partial charge is 0.366 e. The standard InChI is InChI=1S/C26H28ClFN2O2.C2H6/c1-4-21(17(3)25(29)31)22-15-23(24(27)13-16(22)2)26(32)30-11-9-19(10-12-30)14-18-5-7-20(28)8-6-18;1-2/h4-8,13,15,19H,3,9-12,14H2,1-2H3,(H2,29,31);1-2H3/b21-4-;. The molecule has 0 saturated carbocycles. The smallest absolute Gasteiger partial charge is 0.255 e. The number of benzene rings is 2. The number of rotatable bonds is 6. The minimum Gasteiger partial charge on any atom is -0.366 e. The maximum absolute atomic E-state index is 13.3. The number of hydrogen-bond acceptors (Lipinski definition) is 2. The minimum atomic E-state index is -0.608. The van der Waals surface area contributed by atoms with Gasteiger partial charge in [-0.25, -0.2) is 4.39 Å². The predicted molar refractivity (Wildman–Crippen MR) is 138 cm³/mol. The molecule has 34 heavy (non-hydrogen) atoms. The number of amides is 2. The third kappa shape index (κ3) is 6.57. The van der Waals surface area contributed by atoms with E-state index >= 15 is 0 Å². The Bertz CT molecular complexity index is 1070. The van der Waals surface area contributed by atoms with E-state index in [0.717, 1.165) is 36.0 Å². The molecule has 1 fully saturated rings. The Morgan fingerprint density at radius 2 is 1.74 bits per heavy atom. The summed E-state index contributed by atoms with van der Waals surface area (Å²) in [6.07, 6.45) is 4.38. The van der Waals surface area contributed by atoms with Gasteiger partial charge in [0, 0.05) is 18.7 Å². The number of likely N-dealkylation sites (tertiary alicyclic amines) is 1. The lowest BCUT2D eigenvalue weighted by molar-refractivity contribution is -0.114. The first-order valence-corrected chi connectivity index (χ1v) is 12.1. The highest BCUT2D eigenvalue weighted by Crippen LogP contribution is 2.31. The third-order valence-corrected chi connectivity index (χ3v) is 6.40. The van der Waals surface area contributed by atoms with Crippen LogP contribution in [0, 0.1) is 18.7 Å². The molecule has 1 aliphatic rings. The molecule has 0 aromatic heterocycles. The van der Waals surface area contributed by atoms with Gasteiger partial charge in [-0.2, -0.15) is 0 Å². The number of primary amides is 1. The van der Waals surface area contributed by atoms with Gasteiger partial charge in [-0.1, -0.05) is 50.2 Å². The van der Waals surface area contributed by atoms with Gasteiger partial charge in [0.1, 0.15) is 5.82 Å². The Morgan fingerprint density at radius 3 is 2.26 bits per heavy atom. The Morgan fingerprint density at radius 1 is 1.15 bits per heavy atom. The predicted octanol–water partition coefficient (Wildman–Crippen LogP) is 6.35. The molecule has 0 bridgehead atoms. The normalized spacial score (nSPS) is 14.3. The molecule has 1 heterocycles. The summed E-state index contributed by atoms with van der Waals surface area (Å²) in [5, 5.41) is 0.379. The zero-order chi connectivity index (χ0) is 25.4. The molecule has 0 unspecified atom stereocenters. The van der Waals surface area contributed by atoms with E-state index in [4.69, 9.17) is 17.3 Å². The molecule has 3 rings (SSSR count).